The summed E-state index contributed by atoms with van der Waals surface area (Å²) in [7, 11) is -0.589. The molecule has 2 bridgehead atoms. The number of hydrogen-bond donors (Lipinski definition) is 0. The van der Waals surface area contributed by atoms with E-state index in [4.69, 9.17) is 14.0 Å². The molecule has 3 fully saturated rings. The SMILES string of the molecule is CC(C)(C)OC(=O)N1[C@@H]2CC[C@H]1CN(c1ccc(B3OC(C)(C)C(C)(C)O3)cc1F)C2. The van der Waals surface area contributed by atoms with Gasteiger partial charge in [0.15, 0.2) is 0 Å². The van der Waals surface area contributed by atoms with Crippen LogP contribution in [0.3, 0.4) is 0 Å². The van der Waals surface area contributed by atoms with Crippen molar-refractivity contribution in [2.45, 2.75) is 90.2 Å². The molecule has 2 atom stereocenters. The molecule has 3 saturated heterocycles. The maximum absolute atomic E-state index is 15.2. The number of hydrogen-bond acceptors (Lipinski definition) is 5. The fourth-order valence-electron chi connectivity index (χ4n) is 4.62. The third-order valence-electron chi connectivity index (χ3n) is 6.92. The van der Waals surface area contributed by atoms with E-state index in [1.165, 1.54) is 6.07 Å². The highest BCUT2D eigenvalue weighted by Crippen LogP contribution is 2.37. The Morgan fingerprint density at radius 1 is 1.10 bits per heavy atom. The van der Waals surface area contributed by atoms with Crippen molar-refractivity contribution in [2.24, 2.45) is 0 Å². The predicted molar refractivity (Wildman–Crippen MR) is 119 cm³/mol. The van der Waals surface area contributed by atoms with E-state index in [9.17, 15) is 4.79 Å². The summed E-state index contributed by atoms with van der Waals surface area (Å²) in [5.74, 6) is -0.294. The minimum Gasteiger partial charge on any atom is -0.444 e. The van der Waals surface area contributed by atoms with Crippen LogP contribution >= 0.6 is 0 Å². The maximum atomic E-state index is 15.2. The van der Waals surface area contributed by atoms with Crippen LogP contribution in [0.1, 0.15) is 61.3 Å². The van der Waals surface area contributed by atoms with Crippen molar-refractivity contribution in [3.63, 3.8) is 0 Å². The maximum Gasteiger partial charge on any atom is 0.494 e. The quantitative estimate of drug-likeness (QED) is 0.667. The number of nitrogens with zero attached hydrogens (tertiary/aromatic N) is 2. The van der Waals surface area contributed by atoms with Gasteiger partial charge in [0.2, 0.25) is 0 Å². The fraction of sp³-hybridized carbons (Fsp3) is 0.696. The molecule has 8 heteroatoms. The van der Waals surface area contributed by atoms with Gasteiger partial charge in [0.05, 0.1) is 29.0 Å². The zero-order valence-electron chi connectivity index (χ0n) is 19.7. The Balaban J connectivity index is 1.48. The fourth-order valence-corrected chi connectivity index (χ4v) is 4.62. The molecule has 0 N–H and O–H groups in total. The first-order chi connectivity index (χ1) is 14.3. The highest BCUT2D eigenvalue weighted by Gasteiger charge is 2.52. The van der Waals surface area contributed by atoms with E-state index in [1.807, 2.05) is 64.3 Å². The summed E-state index contributed by atoms with van der Waals surface area (Å²) in [5.41, 5.74) is -0.229. The van der Waals surface area contributed by atoms with E-state index >= 15 is 4.39 Å². The standard InChI is InChI=1S/C23H34BFN2O4/c1-21(2,3)29-20(28)27-16-9-10-17(27)14-26(13-16)19-11-8-15(12-18(19)25)24-30-22(4,5)23(6,7)31-24/h8,11-12,16-17H,9-10,13-14H2,1-7H3/t16-,17+. The molecule has 0 aromatic heterocycles. The summed E-state index contributed by atoms with van der Waals surface area (Å²) >= 11 is 0. The summed E-state index contributed by atoms with van der Waals surface area (Å²) in [6.45, 7) is 14.8. The highest BCUT2D eigenvalue weighted by molar-refractivity contribution is 6.62. The van der Waals surface area contributed by atoms with Gasteiger partial charge < -0.3 is 18.9 Å². The molecule has 3 aliphatic heterocycles. The molecule has 4 rings (SSSR count). The number of amides is 1. The van der Waals surface area contributed by atoms with Crippen LogP contribution in [0.5, 0.6) is 0 Å². The second kappa shape index (κ2) is 7.37. The molecule has 0 aliphatic carbocycles. The zero-order chi connectivity index (χ0) is 22.8. The highest BCUT2D eigenvalue weighted by atomic mass is 19.1. The van der Waals surface area contributed by atoms with Gasteiger partial charge in [-0.15, -0.1) is 0 Å². The number of fused-ring (bicyclic) bond motifs is 2. The van der Waals surface area contributed by atoms with Gasteiger partial charge in [0, 0.05) is 13.1 Å². The van der Waals surface area contributed by atoms with Crippen molar-refractivity contribution in [1.29, 1.82) is 0 Å². The molecule has 0 radical (unpaired) electrons. The number of halogens is 1. The molecule has 1 amide bonds. The van der Waals surface area contributed by atoms with Gasteiger partial charge in [0.1, 0.15) is 11.4 Å². The molecule has 3 heterocycles. The summed E-state index contributed by atoms with van der Waals surface area (Å²) in [5, 5.41) is 0. The van der Waals surface area contributed by atoms with Crippen LogP contribution in [0.15, 0.2) is 18.2 Å². The summed E-state index contributed by atoms with van der Waals surface area (Å²) in [6, 6.07) is 5.27. The van der Waals surface area contributed by atoms with Gasteiger partial charge in [-0.05, 0) is 78.9 Å². The Labute approximate surface area is 185 Å². The lowest BCUT2D eigenvalue weighted by Gasteiger charge is -2.42. The Morgan fingerprint density at radius 2 is 1.65 bits per heavy atom. The smallest absolute Gasteiger partial charge is 0.444 e. The first kappa shape index (κ1) is 22.4. The number of benzene rings is 1. The number of anilines is 1. The van der Waals surface area contributed by atoms with Crippen molar-refractivity contribution in [2.75, 3.05) is 18.0 Å². The molecule has 3 aliphatic rings. The van der Waals surface area contributed by atoms with Crippen molar-refractivity contribution in [3.05, 3.63) is 24.0 Å². The monoisotopic (exact) mass is 432 g/mol. The molecule has 1 aromatic carbocycles. The largest absolute Gasteiger partial charge is 0.494 e. The second-order valence-electron chi connectivity index (χ2n) is 11.0. The van der Waals surface area contributed by atoms with Gasteiger partial charge in [0.25, 0.3) is 0 Å². The Kier molecular flexibility index (Phi) is 5.33. The summed E-state index contributed by atoms with van der Waals surface area (Å²) in [4.78, 5) is 16.6. The van der Waals surface area contributed by atoms with Crippen LogP contribution in [-0.4, -0.2) is 60.1 Å². The van der Waals surface area contributed by atoms with Gasteiger partial charge in [-0.25, -0.2) is 9.18 Å². The lowest BCUT2D eigenvalue weighted by molar-refractivity contribution is 0.00578. The van der Waals surface area contributed by atoms with Gasteiger partial charge in [-0.2, -0.15) is 0 Å². The minimum absolute atomic E-state index is 0.0378. The Bertz CT molecular complexity index is 840. The molecule has 0 spiro atoms. The number of ether oxygens (including phenoxy) is 1. The van der Waals surface area contributed by atoms with E-state index in [1.54, 1.807) is 6.07 Å². The topological polar surface area (TPSA) is 51.2 Å². The minimum atomic E-state index is -0.589. The van der Waals surface area contributed by atoms with Crippen molar-refractivity contribution in [1.82, 2.24) is 4.90 Å². The number of piperazine rings is 1. The molecule has 0 unspecified atom stereocenters. The first-order valence-electron chi connectivity index (χ1n) is 11.2. The Morgan fingerprint density at radius 3 is 2.13 bits per heavy atom. The summed E-state index contributed by atoms with van der Waals surface area (Å²) < 4.78 is 32.9. The van der Waals surface area contributed by atoms with Crippen LogP contribution in [0.4, 0.5) is 14.9 Å². The lowest BCUT2D eigenvalue weighted by atomic mass is 9.79. The van der Waals surface area contributed by atoms with Crippen molar-refractivity contribution in [3.8, 4) is 0 Å². The molecule has 0 saturated carbocycles. The molecular formula is C23H34BFN2O4. The van der Waals surface area contributed by atoms with Crippen LogP contribution in [0.25, 0.3) is 0 Å². The second-order valence-corrected chi connectivity index (χ2v) is 11.0. The van der Waals surface area contributed by atoms with Crippen LogP contribution < -0.4 is 10.4 Å². The van der Waals surface area contributed by atoms with E-state index in [0.717, 1.165) is 12.8 Å². The van der Waals surface area contributed by atoms with Crippen LogP contribution in [0, 0.1) is 5.82 Å². The number of carbonyl (C=O) groups is 1. The molecule has 170 valence electrons. The normalized spacial score (nSPS) is 27.0. The average molecular weight is 432 g/mol. The van der Waals surface area contributed by atoms with Crippen LogP contribution in [-0.2, 0) is 14.0 Å². The third-order valence-corrected chi connectivity index (χ3v) is 6.92. The lowest BCUT2D eigenvalue weighted by Crippen LogP contribution is -2.57. The molecule has 1 aromatic rings. The van der Waals surface area contributed by atoms with Gasteiger partial charge in [-0.1, -0.05) is 6.07 Å². The van der Waals surface area contributed by atoms with Crippen molar-refractivity contribution >= 4 is 24.4 Å². The van der Waals surface area contributed by atoms with E-state index < -0.39 is 23.9 Å². The predicted octanol–water partition coefficient (Wildman–Crippen LogP) is 3.71. The van der Waals surface area contributed by atoms with E-state index in [2.05, 4.69) is 0 Å². The number of rotatable bonds is 2. The van der Waals surface area contributed by atoms with E-state index in [-0.39, 0.29) is 24.0 Å². The van der Waals surface area contributed by atoms with Gasteiger partial charge in [-0.3, -0.25) is 4.90 Å². The first-order valence-corrected chi connectivity index (χ1v) is 11.2. The van der Waals surface area contributed by atoms with Gasteiger partial charge >= 0.3 is 13.2 Å². The van der Waals surface area contributed by atoms with Crippen LogP contribution in [0.2, 0.25) is 0 Å². The molecule has 6 nitrogen and oxygen atoms in total. The third kappa shape index (κ3) is 4.16. The van der Waals surface area contributed by atoms with E-state index in [0.29, 0.717) is 24.2 Å². The average Bonchev–Trinajstić information content (AvgIpc) is 3.01. The van der Waals surface area contributed by atoms with Crippen molar-refractivity contribution < 1.29 is 23.2 Å². The number of carbonyl (C=O) groups excluding carboxylic acids is 1. The zero-order valence-corrected chi connectivity index (χ0v) is 19.7. The summed E-state index contributed by atoms with van der Waals surface area (Å²) in [6.07, 6.45) is 1.55. The Hall–Kier alpha value is -1.80. The molecule has 31 heavy (non-hydrogen) atoms. The molecular weight excluding hydrogens is 398 g/mol.